The van der Waals surface area contributed by atoms with Crippen molar-refractivity contribution in [1.82, 2.24) is 15.0 Å². The fraction of sp³-hybridized carbons (Fsp3) is 0.182. The Morgan fingerprint density at radius 2 is 1.89 bits per heavy atom. The number of rotatable bonds is 7. The molecule has 0 bridgehead atoms. The van der Waals surface area contributed by atoms with Gasteiger partial charge < -0.3 is 9.84 Å². The molecule has 6 nitrogen and oxygen atoms in total. The van der Waals surface area contributed by atoms with Crippen LogP contribution >= 0.6 is 0 Å². The molecule has 0 aliphatic heterocycles. The van der Waals surface area contributed by atoms with Gasteiger partial charge in [-0.25, -0.2) is 14.8 Å². The van der Waals surface area contributed by atoms with Gasteiger partial charge in [0.15, 0.2) is 0 Å². The number of carbonyl (C=O) groups is 1. The molecule has 142 valence electrons. The van der Waals surface area contributed by atoms with E-state index in [2.05, 4.69) is 27.1 Å². The number of aryl methyl sites for hydroxylation is 2. The highest BCUT2D eigenvalue weighted by Gasteiger charge is 2.09. The molecule has 0 saturated heterocycles. The molecule has 6 heteroatoms. The van der Waals surface area contributed by atoms with Crippen LogP contribution in [0.2, 0.25) is 0 Å². The van der Waals surface area contributed by atoms with Gasteiger partial charge in [-0.05, 0) is 43.5 Å². The summed E-state index contributed by atoms with van der Waals surface area (Å²) in [6, 6.07) is 15.2. The lowest BCUT2D eigenvalue weighted by Crippen LogP contribution is -2.05. The molecule has 2 heterocycles. The summed E-state index contributed by atoms with van der Waals surface area (Å²) in [5, 5.41) is 10.3. The predicted octanol–water partition coefficient (Wildman–Crippen LogP) is 3.89. The molecule has 3 aromatic rings. The minimum Gasteiger partial charge on any atom is -0.506 e. The number of hydrogen-bond donors (Lipinski definition) is 1. The summed E-state index contributed by atoms with van der Waals surface area (Å²) in [5.74, 6) is -0.480. The lowest BCUT2D eigenvalue weighted by molar-refractivity contribution is 0.0526. The maximum atomic E-state index is 11.7. The monoisotopic (exact) mass is 375 g/mol. The number of nitrogens with zero attached hydrogens (tertiary/aromatic N) is 3. The van der Waals surface area contributed by atoms with E-state index in [0.717, 1.165) is 18.5 Å². The van der Waals surface area contributed by atoms with Gasteiger partial charge in [0, 0.05) is 18.0 Å². The highest BCUT2D eigenvalue weighted by Crippen LogP contribution is 2.14. The molecule has 0 aliphatic rings. The molecule has 0 atom stereocenters. The Hall–Kier alpha value is -3.54. The second kappa shape index (κ2) is 9.41. The zero-order chi connectivity index (χ0) is 19.8. The number of aromatic nitrogens is 3. The molecule has 0 saturated carbocycles. The van der Waals surface area contributed by atoms with Gasteiger partial charge in [0.1, 0.15) is 17.8 Å². The van der Waals surface area contributed by atoms with Gasteiger partial charge in [-0.3, -0.25) is 4.98 Å². The van der Waals surface area contributed by atoms with Crippen LogP contribution in [-0.2, 0) is 17.6 Å². The maximum Gasteiger partial charge on any atom is 0.339 e. The number of benzene rings is 1. The van der Waals surface area contributed by atoms with Gasteiger partial charge in [-0.2, -0.15) is 0 Å². The lowest BCUT2D eigenvalue weighted by Gasteiger charge is -2.04. The van der Waals surface area contributed by atoms with Gasteiger partial charge in [-0.1, -0.05) is 30.3 Å². The highest BCUT2D eigenvalue weighted by molar-refractivity contribution is 5.89. The van der Waals surface area contributed by atoms with E-state index in [-0.39, 0.29) is 5.76 Å². The predicted molar refractivity (Wildman–Crippen MR) is 107 cm³/mol. The number of aliphatic hydroxyl groups excluding tert-OH is 1. The van der Waals surface area contributed by atoms with Crippen LogP contribution in [0.3, 0.4) is 0 Å². The molecule has 0 spiro atoms. The first kappa shape index (κ1) is 19.2. The highest BCUT2D eigenvalue weighted by atomic mass is 16.5. The zero-order valence-electron chi connectivity index (χ0n) is 15.6. The van der Waals surface area contributed by atoms with Gasteiger partial charge in [0.25, 0.3) is 0 Å². The molecule has 0 aliphatic carbocycles. The summed E-state index contributed by atoms with van der Waals surface area (Å²) < 4.78 is 4.92. The molecule has 0 radical (unpaired) electrons. The van der Waals surface area contributed by atoms with Gasteiger partial charge >= 0.3 is 5.97 Å². The Morgan fingerprint density at radius 1 is 1.07 bits per heavy atom. The molecule has 0 fully saturated rings. The van der Waals surface area contributed by atoms with Crippen molar-refractivity contribution in [2.24, 2.45) is 0 Å². The Balaban J connectivity index is 1.69. The van der Waals surface area contributed by atoms with Crippen molar-refractivity contribution in [2.75, 3.05) is 6.61 Å². The van der Waals surface area contributed by atoms with Crippen molar-refractivity contribution >= 4 is 17.8 Å². The van der Waals surface area contributed by atoms with Crippen molar-refractivity contribution in [3.63, 3.8) is 0 Å². The van der Waals surface area contributed by atoms with Crippen LogP contribution in [0.4, 0.5) is 0 Å². The SMILES string of the molecule is CCOC(=O)c1ccc(/C(O)=C/c2cc(CCc3ccccc3)ncn2)nc1. The third kappa shape index (κ3) is 5.23. The van der Waals surface area contributed by atoms with Gasteiger partial charge in [-0.15, -0.1) is 0 Å². The number of esters is 1. The summed E-state index contributed by atoms with van der Waals surface area (Å²) in [5.41, 5.74) is 3.41. The average Bonchev–Trinajstić information content (AvgIpc) is 2.73. The zero-order valence-corrected chi connectivity index (χ0v) is 15.6. The number of carbonyl (C=O) groups excluding carboxylic acids is 1. The van der Waals surface area contributed by atoms with Crippen molar-refractivity contribution in [3.8, 4) is 0 Å². The van der Waals surface area contributed by atoms with Crippen LogP contribution < -0.4 is 0 Å². The molecule has 3 rings (SSSR count). The first-order chi connectivity index (χ1) is 13.7. The molecular weight excluding hydrogens is 354 g/mol. The summed E-state index contributed by atoms with van der Waals surface area (Å²) in [4.78, 5) is 24.3. The molecule has 0 amide bonds. The van der Waals surface area contributed by atoms with E-state index in [1.54, 1.807) is 19.1 Å². The van der Waals surface area contributed by atoms with Crippen LogP contribution in [0.25, 0.3) is 11.8 Å². The van der Waals surface area contributed by atoms with Crippen LogP contribution in [0.15, 0.2) is 61.1 Å². The quantitative estimate of drug-likeness (QED) is 0.498. The minimum atomic E-state index is -0.441. The van der Waals surface area contributed by atoms with E-state index in [4.69, 9.17) is 4.74 Å². The molecule has 28 heavy (non-hydrogen) atoms. The van der Waals surface area contributed by atoms with E-state index >= 15 is 0 Å². The Kier molecular flexibility index (Phi) is 6.46. The summed E-state index contributed by atoms with van der Waals surface area (Å²) >= 11 is 0. The van der Waals surface area contributed by atoms with E-state index in [9.17, 15) is 9.90 Å². The summed E-state index contributed by atoms with van der Waals surface area (Å²) in [7, 11) is 0. The van der Waals surface area contributed by atoms with Crippen molar-refractivity contribution in [3.05, 3.63) is 89.3 Å². The summed E-state index contributed by atoms with van der Waals surface area (Å²) in [6.45, 7) is 2.04. The van der Waals surface area contributed by atoms with Crippen molar-refractivity contribution in [2.45, 2.75) is 19.8 Å². The van der Waals surface area contributed by atoms with Crippen LogP contribution in [-0.4, -0.2) is 32.6 Å². The number of hydrogen-bond acceptors (Lipinski definition) is 6. The van der Waals surface area contributed by atoms with E-state index in [1.807, 2.05) is 24.3 Å². The summed E-state index contributed by atoms with van der Waals surface area (Å²) in [6.07, 6.45) is 6.05. The fourth-order valence-corrected chi connectivity index (χ4v) is 2.64. The lowest BCUT2D eigenvalue weighted by atomic mass is 10.1. The Bertz CT molecular complexity index is 954. The number of ether oxygens (including phenoxy) is 1. The van der Waals surface area contributed by atoms with E-state index in [0.29, 0.717) is 23.6 Å². The van der Waals surface area contributed by atoms with Gasteiger partial charge in [0.2, 0.25) is 0 Å². The smallest absolute Gasteiger partial charge is 0.339 e. The second-order valence-electron chi connectivity index (χ2n) is 6.10. The normalized spacial score (nSPS) is 11.2. The van der Waals surface area contributed by atoms with Gasteiger partial charge in [0.05, 0.1) is 17.9 Å². The molecular formula is C22H21N3O3. The molecule has 0 unspecified atom stereocenters. The minimum absolute atomic E-state index is 0.0388. The van der Waals surface area contributed by atoms with Crippen molar-refractivity contribution < 1.29 is 14.6 Å². The second-order valence-corrected chi connectivity index (χ2v) is 6.10. The van der Waals surface area contributed by atoms with Crippen LogP contribution in [0.5, 0.6) is 0 Å². The van der Waals surface area contributed by atoms with Crippen LogP contribution in [0.1, 0.15) is 39.9 Å². The topological polar surface area (TPSA) is 85.2 Å². The van der Waals surface area contributed by atoms with E-state index in [1.165, 1.54) is 24.2 Å². The van der Waals surface area contributed by atoms with Crippen LogP contribution in [0, 0.1) is 0 Å². The first-order valence-corrected chi connectivity index (χ1v) is 9.04. The fourth-order valence-electron chi connectivity index (χ4n) is 2.64. The van der Waals surface area contributed by atoms with Crippen molar-refractivity contribution in [1.29, 1.82) is 0 Å². The first-order valence-electron chi connectivity index (χ1n) is 9.04. The Labute approximate surface area is 163 Å². The number of pyridine rings is 1. The molecule has 2 aromatic heterocycles. The Morgan fingerprint density at radius 3 is 2.61 bits per heavy atom. The molecule has 1 N–H and O–H groups in total. The third-order valence-corrected chi connectivity index (χ3v) is 4.08. The maximum absolute atomic E-state index is 11.7. The average molecular weight is 375 g/mol. The standard InChI is InChI=1S/C22H21N3O3/c1-2-28-22(27)17-9-11-20(23-14-17)21(26)13-19-12-18(24-15-25-19)10-8-16-6-4-3-5-7-16/h3-7,9,11-15,26H,2,8,10H2,1H3/b21-13-. The largest absolute Gasteiger partial charge is 0.506 e. The van der Waals surface area contributed by atoms with E-state index < -0.39 is 5.97 Å². The third-order valence-electron chi connectivity index (χ3n) is 4.08. The number of aliphatic hydroxyl groups is 1. The molecule has 1 aromatic carbocycles.